The minimum atomic E-state index is 0.559. The predicted octanol–water partition coefficient (Wildman–Crippen LogP) is 5.91. The topological polar surface area (TPSA) is 0 Å². The Kier molecular flexibility index (Phi) is 3.87. The third-order valence-electron chi connectivity index (χ3n) is 5.76. The van der Waals surface area contributed by atoms with Gasteiger partial charge in [-0.15, -0.1) is 0 Å². The molecule has 0 aromatic carbocycles. The second-order valence-corrected chi connectivity index (χ2v) is 9.14. The number of hydrogen-bond acceptors (Lipinski definition) is 0. The first-order chi connectivity index (χ1) is 8.20. The van der Waals surface area contributed by atoms with Gasteiger partial charge in [-0.1, -0.05) is 60.8 Å². The first kappa shape index (κ1) is 14.4. The maximum Gasteiger partial charge on any atom is -0.0334 e. The van der Waals surface area contributed by atoms with Crippen molar-refractivity contribution in [1.82, 2.24) is 0 Å². The van der Waals surface area contributed by atoms with Crippen LogP contribution in [0.4, 0.5) is 0 Å². The summed E-state index contributed by atoms with van der Waals surface area (Å²) in [6.07, 6.45) is 8.77. The Hall–Kier alpha value is 0. The summed E-state index contributed by atoms with van der Waals surface area (Å²) in [5, 5.41) is 0. The van der Waals surface area contributed by atoms with Gasteiger partial charge < -0.3 is 0 Å². The van der Waals surface area contributed by atoms with Crippen molar-refractivity contribution in [3.63, 3.8) is 0 Å². The molecule has 2 aliphatic carbocycles. The molecule has 0 aliphatic heterocycles. The van der Waals surface area contributed by atoms with Crippen LogP contribution in [0.25, 0.3) is 0 Å². The fourth-order valence-electron chi connectivity index (χ4n) is 5.84. The highest BCUT2D eigenvalue weighted by Crippen LogP contribution is 2.54. The third kappa shape index (κ3) is 3.11. The lowest BCUT2D eigenvalue weighted by Gasteiger charge is -2.51. The van der Waals surface area contributed by atoms with E-state index in [0.717, 1.165) is 23.7 Å². The summed E-state index contributed by atoms with van der Waals surface area (Å²) in [6, 6.07) is 0. The summed E-state index contributed by atoms with van der Waals surface area (Å²) in [5.74, 6) is 3.90. The molecule has 0 N–H and O–H groups in total. The van der Waals surface area contributed by atoms with Gasteiger partial charge in [-0.3, -0.25) is 0 Å². The van der Waals surface area contributed by atoms with Gasteiger partial charge in [-0.25, -0.2) is 0 Å². The van der Waals surface area contributed by atoms with Gasteiger partial charge in [-0.05, 0) is 53.8 Å². The van der Waals surface area contributed by atoms with Crippen LogP contribution in [0.1, 0.15) is 80.1 Å². The lowest BCUT2D eigenvalue weighted by atomic mass is 9.55. The van der Waals surface area contributed by atoms with Crippen molar-refractivity contribution in [3.05, 3.63) is 0 Å². The SMILES string of the molecule is CC1CCCC(C)C1C1CC(C)(C)CC(C)(C)C1. The Morgan fingerprint density at radius 3 is 1.67 bits per heavy atom. The Morgan fingerprint density at radius 1 is 0.778 bits per heavy atom. The lowest BCUT2D eigenvalue weighted by Crippen LogP contribution is -2.41. The van der Waals surface area contributed by atoms with Crippen LogP contribution in [-0.2, 0) is 0 Å². The van der Waals surface area contributed by atoms with Crippen molar-refractivity contribution < 1.29 is 0 Å². The van der Waals surface area contributed by atoms with Crippen LogP contribution in [0.5, 0.6) is 0 Å². The molecule has 2 fully saturated rings. The maximum absolute atomic E-state index is 2.52. The number of rotatable bonds is 1. The molecule has 2 unspecified atom stereocenters. The van der Waals surface area contributed by atoms with Crippen LogP contribution in [0, 0.1) is 34.5 Å². The van der Waals surface area contributed by atoms with Gasteiger partial charge in [0, 0.05) is 0 Å². The van der Waals surface area contributed by atoms with E-state index in [4.69, 9.17) is 0 Å². The van der Waals surface area contributed by atoms with Crippen LogP contribution in [0.15, 0.2) is 0 Å². The van der Waals surface area contributed by atoms with Crippen LogP contribution in [0.2, 0.25) is 0 Å². The van der Waals surface area contributed by atoms with E-state index in [2.05, 4.69) is 41.5 Å². The molecule has 2 saturated carbocycles. The lowest BCUT2D eigenvalue weighted by molar-refractivity contribution is -0.00546. The van der Waals surface area contributed by atoms with E-state index in [-0.39, 0.29) is 0 Å². The smallest absolute Gasteiger partial charge is 0.0334 e. The van der Waals surface area contributed by atoms with E-state index < -0.39 is 0 Å². The summed E-state index contributed by atoms with van der Waals surface area (Å²) >= 11 is 0. The zero-order chi connectivity index (χ0) is 13.6. The van der Waals surface area contributed by atoms with E-state index in [1.54, 1.807) is 0 Å². The quantitative estimate of drug-likeness (QED) is 0.542. The van der Waals surface area contributed by atoms with Gasteiger partial charge in [0.25, 0.3) is 0 Å². The largest absolute Gasteiger partial charge is 0.0622 e. The first-order valence-electron chi connectivity index (χ1n) is 8.20. The Balaban J connectivity index is 2.16. The summed E-state index contributed by atoms with van der Waals surface area (Å²) in [6.45, 7) is 15.0. The van der Waals surface area contributed by atoms with Crippen molar-refractivity contribution in [1.29, 1.82) is 0 Å². The second kappa shape index (κ2) is 4.84. The van der Waals surface area contributed by atoms with Crippen LogP contribution in [-0.4, -0.2) is 0 Å². The van der Waals surface area contributed by atoms with Gasteiger partial charge in [0.05, 0.1) is 0 Å². The molecule has 106 valence electrons. The highest BCUT2D eigenvalue weighted by Gasteiger charge is 2.44. The molecule has 0 spiro atoms. The minimum absolute atomic E-state index is 0.559. The van der Waals surface area contributed by atoms with Crippen molar-refractivity contribution in [3.8, 4) is 0 Å². The van der Waals surface area contributed by atoms with Crippen LogP contribution in [0.3, 0.4) is 0 Å². The normalized spacial score (nSPS) is 40.7. The fourth-order valence-corrected chi connectivity index (χ4v) is 5.84. The number of hydrogen-bond donors (Lipinski definition) is 0. The van der Waals surface area contributed by atoms with E-state index >= 15 is 0 Å². The Labute approximate surface area is 115 Å². The second-order valence-electron chi connectivity index (χ2n) is 9.14. The van der Waals surface area contributed by atoms with Crippen molar-refractivity contribution >= 4 is 0 Å². The summed E-state index contributed by atoms with van der Waals surface area (Å²) < 4.78 is 0. The first-order valence-corrected chi connectivity index (χ1v) is 8.20. The van der Waals surface area contributed by atoms with Crippen molar-refractivity contribution in [2.45, 2.75) is 80.1 Å². The minimum Gasteiger partial charge on any atom is -0.0622 e. The molecular weight excluding hydrogens is 216 g/mol. The molecule has 0 nitrogen and oxygen atoms in total. The van der Waals surface area contributed by atoms with Crippen molar-refractivity contribution in [2.24, 2.45) is 34.5 Å². The highest BCUT2D eigenvalue weighted by molar-refractivity contribution is 4.94. The van der Waals surface area contributed by atoms with E-state index in [1.165, 1.54) is 38.5 Å². The molecule has 0 heteroatoms. The standard InChI is InChI=1S/C18H34/c1-13-8-7-9-14(2)16(13)15-10-17(3,4)12-18(5,6)11-15/h13-16H,7-12H2,1-6H3. The molecule has 18 heavy (non-hydrogen) atoms. The molecule has 0 heterocycles. The van der Waals surface area contributed by atoms with Crippen LogP contribution >= 0.6 is 0 Å². The molecule has 0 bridgehead atoms. The molecule has 0 radical (unpaired) electrons. The Morgan fingerprint density at radius 2 is 1.22 bits per heavy atom. The molecule has 2 aliphatic rings. The molecule has 0 amide bonds. The molecule has 0 saturated heterocycles. The summed E-state index contributed by atoms with van der Waals surface area (Å²) in [4.78, 5) is 0. The molecule has 0 aromatic heterocycles. The Bertz CT molecular complexity index is 260. The maximum atomic E-state index is 2.52. The van der Waals surface area contributed by atoms with E-state index in [9.17, 15) is 0 Å². The van der Waals surface area contributed by atoms with E-state index in [1.807, 2.05) is 0 Å². The van der Waals surface area contributed by atoms with Crippen LogP contribution < -0.4 is 0 Å². The zero-order valence-corrected chi connectivity index (χ0v) is 13.6. The van der Waals surface area contributed by atoms with Gasteiger partial charge >= 0.3 is 0 Å². The van der Waals surface area contributed by atoms with Gasteiger partial charge in [-0.2, -0.15) is 0 Å². The van der Waals surface area contributed by atoms with Gasteiger partial charge in [0.1, 0.15) is 0 Å². The van der Waals surface area contributed by atoms with E-state index in [0.29, 0.717) is 10.8 Å². The predicted molar refractivity (Wildman–Crippen MR) is 80.6 cm³/mol. The zero-order valence-electron chi connectivity index (χ0n) is 13.6. The molecule has 0 aromatic rings. The average molecular weight is 250 g/mol. The van der Waals surface area contributed by atoms with Gasteiger partial charge in [0.15, 0.2) is 0 Å². The summed E-state index contributed by atoms with van der Waals surface area (Å²) in [7, 11) is 0. The molecular formula is C18H34. The fraction of sp³-hybridized carbons (Fsp3) is 1.00. The monoisotopic (exact) mass is 250 g/mol. The van der Waals surface area contributed by atoms with Crippen molar-refractivity contribution in [2.75, 3.05) is 0 Å². The molecule has 2 rings (SSSR count). The van der Waals surface area contributed by atoms with Gasteiger partial charge in [0.2, 0.25) is 0 Å². The average Bonchev–Trinajstić information content (AvgIpc) is 2.11. The summed E-state index contributed by atoms with van der Waals surface area (Å²) in [5.41, 5.74) is 1.12. The highest BCUT2D eigenvalue weighted by atomic mass is 14.5. The third-order valence-corrected chi connectivity index (χ3v) is 5.76. The molecule has 2 atom stereocenters.